The number of nitrogens with two attached hydrogens (primary N) is 1. The third-order valence-electron chi connectivity index (χ3n) is 4.96. The van der Waals surface area contributed by atoms with E-state index in [4.69, 9.17) is 10.5 Å². The molecule has 0 radical (unpaired) electrons. The second-order valence-electron chi connectivity index (χ2n) is 5.87. The Balaban J connectivity index is 2.08. The van der Waals surface area contributed by atoms with E-state index in [-0.39, 0.29) is 0 Å². The Morgan fingerprint density at radius 1 is 1.40 bits per heavy atom. The third kappa shape index (κ3) is 1.94. The van der Waals surface area contributed by atoms with Gasteiger partial charge in [-0.25, -0.2) is 4.98 Å². The van der Waals surface area contributed by atoms with Crippen molar-refractivity contribution in [1.29, 1.82) is 0 Å². The molecule has 1 aromatic carbocycles. The maximum Gasteiger partial charge on any atom is 0.201 e. The number of ether oxygens (including phenoxy) is 1. The zero-order valence-corrected chi connectivity index (χ0v) is 12.5. The van der Waals surface area contributed by atoms with E-state index in [0.717, 1.165) is 22.7 Å². The van der Waals surface area contributed by atoms with Gasteiger partial charge in [-0.05, 0) is 36.8 Å². The fourth-order valence-corrected chi connectivity index (χ4v) is 3.73. The normalized spacial score (nSPS) is 26.2. The molecule has 1 fully saturated rings. The molecule has 1 aliphatic carbocycles. The number of hydrogen-bond donors (Lipinski definition) is 1. The summed E-state index contributed by atoms with van der Waals surface area (Å²) in [6, 6.07) is 6.42. The van der Waals surface area contributed by atoms with Crippen LogP contribution in [0.3, 0.4) is 0 Å². The molecule has 0 amide bonds. The molecular weight excluding hydrogens is 250 g/mol. The van der Waals surface area contributed by atoms with Gasteiger partial charge in [0, 0.05) is 12.1 Å². The lowest BCUT2D eigenvalue weighted by Crippen LogP contribution is -2.17. The fraction of sp³-hybridized carbons (Fsp3) is 0.562. The second-order valence-corrected chi connectivity index (χ2v) is 5.87. The van der Waals surface area contributed by atoms with Crippen LogP contribution in [0.25, 0.3) is 11.0 Å². The number of benzene rings is 1. The molecule has 1 heterocycles. The van der Waals surface area contributed by atoms with Crippen molar-refractivity contribution in [2.75, 3.05) is 12.8 Å². The van der Waals surface area contributed by atoms with E-state index >= 15 is 0 Å². The molecule has 1 aromatic heterocycles. The first-order chi connectivity index (χ1) is 9.65. The number of imidazole rings is 1. The number of fused-ring (bicyclic) bond motifs is 1. The van der Waals surface area contributed by atoms with Gasteiger partial charge in [-0.1, -0.05) is 20.3 Å². The van der Waals surface area contributed by atoms with Crippen molar-refractivity contribution in [3.05, 3.63) is 18.2 Å². The van der Waals surface area contributed by atoms with Crippen LogP contribution in [0.4, 0.5) is 5.95 Å². The molecule has 2 aromatic rings. The summed E-state index contributed by atoms with van der Waals surface area (Å²) in [4.78, 5) is 4.50. The molecule has 3 unspecified atom stereocenters. The standard InChI is InChI=1S/C16H23N3O/c1-4-11-5-8-14(10(11)2)19-15-9-12(20-3)6-7-13(15)18-16(19)17/h6-7,9-11,14H,4-5,8H2,1-3H3,(H2,17,18). The van der Waals surface area contributed by atoms with Gasteiger partial charge in [-0.15, -0.1) is 0 Å². The van der Waals surface area contributed by atoms with E-state index in [0.29, 0.717) is 17.9 Å². The summed E-state index contributed by atoms with van der Waals surface area (Å²) in [5, 5.41) is 0. The number of nitrogen functional groups attached to an aromatic ring is 1. The predicted molar refractivity (Wildman–Crippen MR) is 81.9 cm³/mol. The van der Waals surface area contributed by atoms with Crippen LogP contribution in [-0.2, 0) is 0 Å². The smallest absolute Gasteiger partial charge is 0.201 e. The highest BCUT2D eigenvalue weighted by Gasteiger charge is 2.34. The SMILES string of the molecule is CCC1CCC(n2c(N)nc3ccc(OC)cc32)C1C. The maximum absolute atomic E-state index is 6.18. The lowest BCUT2D eigenvalue weighted by Gasteiger charge is -2.22. The molecule has 0 aliphatic heterocycles. The maximum atomic E-state index is 6.18. The number of aromatic nitrogens is 2. The van der Waals surface area contributed by atoms with Gasteiger partial charge in [-0.2, -0.15) is 0 Å². The van der Waals surface area contributed by atoms with E-state index in [1.165, 1.54) is 19.3 Å². The molecule has 1 saturated carbocycles. The number of nitrogens with zero attached hydrogens (tertiary/aromatic N) is 2. The van der Waals surface area contributed by atoms with Crippen molar-refractivity contribution in [2.45, 2.75) is 39.2 Å². The summed E-state index contributed by atoms with van der Waals surface area (Å²) in [6.45, 7) is 4.62. The monoisotopic (exact) mass is 273 g/mol. The molecule has 0 saturated heterocycles. The van der Waals surface area contributed by atoms with Gasteiger partial charge in [0.15, 0.2) is 0 Å². The van der Waals surface area contributed by atoms with Crippen LogP contribution in [0, 0.1) is 11.8 Å². The second kappa shape index (κ2) is 5.00. The van der Waals surface area contributed by atoms with Gasteiger partial charge in [-0.3, -0.25) is 0 Å². The summed E-state index contributed by atoms with van der Waals surface area (Å²) in [7, 11) is 1.69. The first-order valence-corrected chi connectivity index (χ1v) is 7.47. The van der Waals surface area contributed by atoms with E-state index in [1.54, 1.807) is 7.11 Å². The molecule has 108 valence electrons. The van der Waals surface area contributed by atoms with E-state index in [9.17, 15) is 0 Å². The Labute approximate surface area is 119 Å². The van der Waals surface area contributed by atoms with Crippen LogP contribution < -0.4 is 10.5 Å². The molecule has 0 bridgehead atoms. The largest absolute Gasteiger partial charge is 0.497 e. The number of anilines is 1. The summed E-state index contributed by atoms with van der Waals surface area (Å²) in [5.74, 6) is 2.92. The van der Waals surface area contributed by atoms with Crippen LogP contribution in [0.2, 0.25) is 0 Å². The zero-order valence-electron chi connectivity index (χ0n) is 12.5. The van der Waals surface area contributed by atoms with E-state index < -0.39 is 0 Å². The van der Waals surface area contributed by atoms with Crippen molar-refractivity contribution in [3.8, 4) is 5.75 Å². The summed E-state index contributed by atoms with van der Waals surface area (Å²) >= 11 is 0. The van der Waals surface area contributed by atoms with Crippen LogP contribution in [0.15, 0.2) is 18.2 Å². The molecule has 0 spiro atoms. The van der Waals surface area contributed by atoms with Crippen molar-refractivity contribution in [3.63, 3.8) is 0 Å². The molecule has 3 rings (SSSR count). The van der Waals surface area contributed by atoms with Crippen molar-refractivity contribution >= 4 is 17.0 Å². The molecular formula is C16H23N3O. The zero-order chi connectivity index (χ0) is 14.3. The minimum Gasteiger partial charge on any atom is -0.497 e. The first-order valence-electron chi connectivity index (χ1n) is 7.47. The Hall–Kier alpha value is -1.71. The average Bonchev–Trinajstić information content (AvgIpc) is 2.97. The predicted octanol–water partition coefficient (Wildman–Crippen LogP) is 3.62. The topological polar surface area (TPSA) is 53.1 Å². The lowest BCUT2D eigenvalue weighted by molar-refractivity contribution is 0.336. The Morgan fingerprint density at radius 3 is 2.85 bits per heavy atom. The molecule has 2 N–H and O–H groups in total. The van der Waals surface area contributed by atoms with Gasteiger partial charge in [0.1, 0.15) is 5.75 Å². The first kappa shape index (κ1) is 13.3. The molecule has 3 atom stereocenters. The fourth-order valence-electron chi connectivity index (χ4n) is 3.73. The Kier molecular flexibility index (Phi) is 3.32. The van der Waals surface area contributed by atoms with Gasteiger partial charge >= 0.3 is 0 Å². The highest BCUT2D eigenvalue weighted by molar-refractivity contribution is 5.80. The minimum atomic E-state index is 0.456. The molecule has 4 nitrogen and oxygen atoms in total. The Bertz CT molecular complexity index is 619. The number of methoxy groups -OCH3 is 1. The quantitative estimate of drug-likeness (QED) is 0.929. The summed E-state index contributed by atoms with van der Waals surface area (Å²) < 4.78 is 7.56. The number of rotatable bonds is 3. The van der Waals surface area contributed by atoms with Gasteiger partial charge in [0.2, 0.25) is 5.95 Å². The van der Waals surface area contributed by atoms with E-state index in [1.807, 2.05) is 18.2 Å². The third-order valence-corrected chi connectivity index (χ3v) is 4.96. The van der Waals surface area contributed by atoms with Crippen molar-refractivity contribution in [2.24, 2.45) is 11.8 Å². The highest BCUT2D eigenvalue weighted by Crippen LogP contribution is 2.44. The van der Waals surface area contributed by atoms with Crippen molar-refractivity contribution in [1.82, 2.24) is 9.55 Å². The summed E-state index contributed by atoms with van der Waals surface area (Å²) in [6.07, 6.45) is 3.71. The van der Waals surface area contributed by atoms with Crippen LogP contribution in [0.1, 0.15) is 39.2 Å². The minimum absolute atomic E-state index is 0.456. The van der Waals surface area contributed by atoms with Crippen LogP contribution in [0.5, 0.6) is 5.75 Å². The average molecular weight is 273 g/mol. The van der Waals surface area contributed by atoms with Gasteiger partial charge < -0.3 is 15.0 Å². The van der Waals surface area contributed by atoms with Gasteiger partial charge in [0.25, 0.3) is 0 Å². The number of hydrogen-bond acceptors (Lipinski definition) is 3. The van der Waals surface area contributed by atoms with Crippen molar-refractivity contribution < 1.29 is 4.74 Å². The Morgan fingerprint density at radius 2 is 2.20 bits per heavy atom. The summed E-state index contributed by atoms with van der Waals surface area (Å²) in [5.41, 5.74) is 8.23. The van der Waals surface area contributed by atoms with Crippen LogP contribution in [-0.4, -0.2) is 16.7 Å². The highest BCUT2D eigenvalue weighted by atomic mass is 16.5. The van der Waals surface area contributed by atoms with E-state index in [2.05, 4.69) is 23.4 Å². The van der Waals surface area contributed by atoms with Gasteiger partial charge in [0.05, 0.1) is 18.1 Å². The lowest BCUT2D eigenvalue weighted by atomic mass is 9.93. The molecule has 20 heavy (non-hydrogen) atoms. The van der Waals surface area contributed by atoms with Crippen LogP contribution >= 0.6 is 0 Å². The molecule has 1 aliphatic rings. The molecule has 4 heteroatoms.